The number of hydrogen-bond acceptors (Lipinski definition) is 3. The molecule has 3 aliphatic rings. The molecule has 0 aliphatic heterocycles. The fourth-order valence-electron chi connectivity index (χ4n) is 12.0. The van der Waals surface area contributed by atoms with Crippen LogP contribution in [0.4, 0.5) is 0 Å². The van der Waals surface area contributed by atoms with Crippen LogP contribution in [0.1, 0.15) is 147 Å². The maximum absolute atomic E-state index is 11.6. The molecule has 0 unspecified atom stereocenters. The van der Waals surface area contributed by atoms with Crippen molar-refractivity contribution in [1.82, 2.24) is 19.1 Å². The van der Waals surface area contributed by atoms with Gasteiger partial charge in [0.25, 0.3) is 0 Å². The molecule has 0 spiro atoms. The van der Waals surface area contributed by atoms with Crippen LogP contribution in [0.15, 0.2) is 164 Å². The molecule has 10 aromatic rings. The zero-order valence-electron chi connectivity index (χ0n) is 40.8. The summed E-state index contributed by atoms with van der Waals surface area (Å²) in [5.41, 5.74) is 23.4. The molecule has 0 radical (unpaired) electrons. The quantitative estimate of drug-likeness (QED) is 0.157. The monoisotopic (exact) mass is 898 g/mol. The van der Waals surface area contributed by atoms with Crippen molar-refractivity contribution >= 4 is 22.1 Å². The molecule has 2 bridgehead atoms. The van der Waals surface area contributed by atoms with Crippen LogP contribution in [0.3, 0.4) is 0 Å². The van der Waals surface area contributed by atoms with Crippen molar-refractivity contribution in [3.05, 3.63) is 219 Å². The molecule has 0 fully saturated rings. The molecule has 3 aliphatic carbocycles. The molecule has 2 heterocycles. The van der Waals surface area contributed by atoms with E-state index in [9.17, 15) is 5.11 Å². The van der Waals surface area contributed by atoms with Gasteiger partial charge in [0.1, 0.15) is 17.4 Å². The van der Waals surface area contributed by atoms with Crippen molar-refractivity contribution in [2.45, 2.75) is 90.9 Å². The lowest BCUT2D eigenvalue weighted by atomic mass is 9.61. The van der Waals surface area contributed by atoms with Crippen molar-refractivity contribution in [1.29, 1.82) is 0 Å². The van der Waals surface area contributed by atoms with E-state index >= 15 is 0 Å². The Balaban J connectivity index is 1.15. The summed E-state index contributed by atoms with van der Waals surface area (Å²) in [5, 5.41) is 11.6. The van der Waals surface area contributed by atoms with Crippen LogP contribution in [0, 0.1) is 0 Å². The first-order valence-electron chi connectivity index (χ1n) is 24.9. The molecule has 2 aromatic heterocycles. The highest BCUT2D eigenvalue weighted by Gasteiger charge is 2.41. The molecular weight excluding hydrogens is 841 g/mol. The molecule has 8 aromatic carbocycles. The number of fused-ring (bicyclic) bond motifs is 2. The van der Waals surface area contributed by atoms with E-state index < -0.39 is 0 Å². The lowest BCUT2D eigenvalue weighted by Gasteiger charge is -2.42. The third-order valence-electron chi connectivity index (χ3n) is 15.1. The van der Waals surface area contributed by atoms with Gasteiger partial charge in [-0.3, -0.25) is 9.13 Å². The number of rotatable bonds is 9. The molecule has 340 valence electrons. The van der Waals surface area contributed by atoms with Crippen LogP contribution in [0.25, 0.3) is 67.3 Å². The highest BCUT2D eigenvalue weighted by Crippen LogP contribution is 2.56. The number of phenols is 1. The number of aromatic hydroxyl groups is 1. The predicted octanol–water partition coefficient (Wildman–Crippen LogP) is 16.6. The van der Waals surface area contributed by atoms with E-state index in [1.165, 1.54) is 61.3 Å². The smallest absolute Gasteiger partial charge is 0.149 e. The minimum Gasteiger partial charge on any atom is -0.507 e. The van der Waals surface area contributed by atoms with Gasteiger partial charge in [-0.05, 0) is 110 Å². The number of imidazole rings is 2. The summed E-state index contributed by atoms with van der Waals surface area (Å²) < 4.78 is 4.79. The maximum Gasteiger partial charge on any atom is 0.149 e. The van der Waals surface area contributed by atoms with Crippen molar-refractivity contribution in [3.8, 4) is 51.0 Å². The summed E-state index contributed by atoms with van der Waals surface area (Å²) in [6, 6.07) is 59.6. The minimum atomic E-state index is 0.142. The highest BCUT2D eigenvalue weighted by molar-refractivity contribution is 6.04. The first-order chi connectivity index (χ1) is 33.5. The van der Waals surface area contributed by atoms with Gasteiger partial charge in [0, 0.05) is 28.5 Å². The van der Waals surface area contributed by atoms with E-state index in [4.69, 9.17) is 9.97 Å². The third kappa shape index (κ3) is 6.50. The average Bonchev–Trinajstić information content (AvgIpc) is 3.95. The molecule has 0 amide bonds. The number of hydrogen-bond donors (Lipinski definition) is 1. The lowest BCUT2D eigenvalue weighted by Crippen LogP contribution is -2.27. The first-order valence-corrected chi connectivity index (χ1v) is 24.9. The second-order valence-corrected chi connectivity index (χ2v) is 20.6. The molecule has 0 atom stereocenters. The topological polar surface area (TPSA) is 55.9 Å². The Morgan fingerprint density at radius 2 is 0.754 bits per heavy atom. The molecular formula is C64H58N4O. The van der Waals surface area contributed by atoms with E-state index in [1.807, 2.05) is 18.2 Å². The van der Waals surface area contributed by atoms with Gasteiger partial charge in [-0.2, -0.15) is 0 Å². The van der Waals surface area contributed by atoms with E-state index in [0.29, 0.717) is 11.4 Å². The summed E-state index contributed by atoms with van der Waals surface area (Å²) in [5.74, 6) is 3.22. The third-order valence-corrected chi connectivity index (χ3v) is 15.1. The van der Waals surface area contributed by atoms with Crippen molar-refractivity contribution in [2.75, 3.05) is 0 Å². The molecule has 69 heavy (non-hydrogen) atoms. The fourth-order valence-corrected chi connectivity index (χ4v) is 12.0. The molecule has 0 saturated heterocycles. The van der Waals surface area contributed by atoms with Crippen molar-refractivity contribution in [3.63, 3.8) is 0 Å². The standard InChI is InChI=1S/C64H58N4O/c1-36(2)41-24-15-25-42(37(3)4)61(41)67-54-30-17-28-50(59(54)65-63(67)40-33-34-49-53(35-40)58-47-21-11-9-19-45(47)57(49)46-20-10-12-22-48(46)58)51-29-18-31-55-60(51)66-64(52-23-13-14-32-56(52)69)68(55)62-43(38(5)6)26-16-27-44(62)39(7)8/h9-39,57-58,69H,1-8H3. The minimum absolute atomic E-state index is 0.142. The van der Waals surface area contributed by atoms with Crippen molar-refractivity contribution in [2.24, 2.45) is 0 Å². The Morgan fingerprint density at radius 3 is 1.22 bits per heavy atom. The maximum atomic E-state index is 11.6. The Bertz CT molecular complexity index is 3570. The van der Waals surface area contributed by atoms with Gasteiger partial charge in [0.05, 0.1) is 39.0 Å². The number of aromatic nitrogens is 4. The second-order valence-electron chi connectivity index (χ2n) is 20.6. The van der Waals surface area contributed by atoms with Gasteiger partial charge in [-0.25, -0.2) is 9.97 Å². The largest absolute Gasteiger partial charge is 0.507 e. The van der Waals surface area contributed by atoms with Gasteiger partial charge >= 0.3 is 0 Å². The Hall–Kier alpha value is -7.50. The van der Waals surface area contributed by atoms with E-state index in [-0.39, 0.29) is 41.3 Å². The van der Waals surface area contributed by atoms with Crippen LogP contribution in [0.5, 0.6) is 5.75 Å². The SMILES string of the molecule is CC(C)c1cccc(C(C)C)c1-n1c(-c2ccc3c(c2)C2c4ccccc4C3c3ccccc32)nc2c(-c3cccc4c3nc(-c3ccccc3O)n4-c3c(C(C)C)cccc3C(C)C)cccc21. The molecule has 0 saturated carbocycles. The van der Waals surface area contributed by atoms with Gasteiger partial charge in [-0.1, -0.05) is 189 Å². The first kappa shape index (κ1) is 42.8. The van der Waals surface area contributed by atoms with E-state index in [0.717, 1.165) is 50.3 Å². The van der Waals surface area contributed by atoms with Gasteiger partial charge in [0.2, 0.25) is 0 Å². The summed E-state index contributed by atoms with van der Waals surface area (Å²) in [6.07, 6.45) is 0. The lowest BCUT2D eigenvalue weighted by molar-refractivity contribution is 0.477. The summed E-state index contributed by atoms with van der Waals surface area (Å²) in [6.45, 7) is 18.3. The van der Waals surface area contributed by atoms with E-state index in [2.05, 4.69) is 204 Å². The van der Waals surface area contributed by atoms with Crippen molar-refractivity contribution < 1.29 is 5.11 Å². The second kappa shape index (κ2) is 16.3. The van der Waals surface area contributed by atoms with Gasteiger partial charge in [-0.15, -0.1) is 0 Å². The Labute approximate surface area is 405 Å². The zero-order chi connectivity index (χ0) is 47.4. The van der Waals surface area contributed by atoms with Crippen LogP contribution in [0.2, 0.25) is 0 Å². The normalized spacial score (nSPS) is 15.0. The van der Waals surface area contributed by atoms with Crippen LogP contribution in [-0.4, -0.2) is 24.2 Å². The molecule has 5 heteroatoms. The molecule has 1 N–H and O–H groups in total. The molecule has 13 rings (SSSR count). The Kier molecular flexibility index (Phi) is 10.1. The van der Waals surface area contributed by atoms with Gasteiger partial charge < -0.3 is 5.11 Å². The number of benzene rings is 8. The number of phenolic OH excluding ortho intramolecular Hbond substituents is 1. The van der Waals surface area contributed by atoms with Crippen LogP contribution in [-0.2, 0) is 0 Å². The van der Waals surface area contributed by atoms with Crippen LogP contribution >= 0.6 is 0 Å². The Morgan fingerprint density at radius 1 is 0.377 bits per heavy atom. The predicted molar refractivity (Wildman–Crippen MR) is 285 cm³/mol. The highest BCUT2D eigenvalue weighted by atomic mass is 16.3. The fraction of sp³-hybridized carbons (Fsp3) is 0.219. The van der Waals surface area contributed by atoms with Gasteiger partial charge in [0.15, 0.2) is 0 Å². The molecule has 5 nitrogen and oxygen atoms in total. The van der Waals surface area contributed by atoms with Crippen LogP contribution < -0.4 is 0 Å². The summed E-state index contributed by atoms with van der Waals surface area (Å²) >= 11 is 0. The zero-order valence-corrected chi connectivity index (χ0v) is 40.8. The number of para-hydroxylation sites is 5. The van der Waals surface area contributed by atoms with E-state index in [1.54, 1.807) is 6.07 Å². The summed E-state index contributed by atoms with van der Waals surface area (Å²) in [7, 11) is 0. The average molecular weight is 899 g/mol. The number of nitrogens with zero attached hydrogens (tertiary/aromatic N) is 4. The summed E-state index contributed by atoms with van der Waals surface area (Å²) in [4.78, 5) is 11.5.